The van der Waals surface area contributed by atoms with Gasteiger partial charge >= 0.3 is 0 Å². The second-order valence-corrected chi connectivity index (χ2v) is 6.74. The van der Waals surface area contributed by atoms with Crippen molar-refractivity contribution in [1.29, 1.82) is 0 Å². The second-order valence-electron chi connectivity index (χ2n) is 6.74. The zero-order chi connectivity index (χ0) is 12.9. The molecule has 0 aliphatic heterocycles. The second kappa shape index (κ2) is 6.22. The maximum atomic E-state index is 11.0. The molecule has 0 bridgehead atoms. The summed E-state index contributed by atoms with van der Waals surface area (Å²) in [5.74, 6) is 0.720. The third-order valence-corrected chi connectivity index (χ3v) is 5.07. The SMILES string of the molecule is CCCCC(CC)CC1(O)CCCCC1(C)C. The van der Waals surface area contributed by atoms with E-state index >= 15 is 0 Å². The van der Waals surface area contributed by atoms with E-state index in [-0.39, 0.29) is 5.41 Å². The number of unbranched alkanes of at least 4 members (excludes halogenated alkanes) is 1. The van der Waals surface area contributed by atoms with E-state index in [9.17, 15) is 5.11 Å². The molecule has 0 saturated heterocycles. The summed E-state index contributed by atoms with van der Waals surface area (Å²) in [6.45, 7) is 9.06. The first-order valence-electron chi connectivity index (χ1n) is 7.67. The van der Waals surface area contributed by atoms with Gasteiger partial charge in [-0.25, -0.2) is 0 Å². The zero-order valence-electron chi connectivity index (χ0n) is 12.4. The van der Waals surface area contributed by atoms with E-state index in [4.69, 9.17) is 0 Å². The van der Waals surface area contributed by atoms with Gasteiger partial charge in [-0.3, -0.25) is 0 Å². The molecule has 0 heterocycles. The minimum absolute atomic E-state index is 0.116. The van der Waals surface area contributed by atoms with Crippen molar-refractivity contribution >= 4 is 0 Å². The Morgan fingerprint density at radius 1 is 1.12 bits per heavy atom. The molecule has 2 unspecified atom stereocenters. The van der Waals surface area contributed by atoms with E-state index < -0.39 is 5.60 Å². The number of rotatable bonds is 6. The van der Waals surface area contributed by atoms with Crippen LogP contribution in [0.3, 0.4) is 0 Å². The Bertz CT molecular complexity index is 222. The van der Waals surface area contributed by atoms with Crippen molar-refractivity contribution in [2.24, 2.45) is 11.3 Å². The molecule has 0 amide bonds. The quantitative estimate of drug-likeness (QED) is 0.698. The van der Waals surface area contributed by atoms with Crippen LogP contribution in [0.1, 0.15) is 85.5 Å². The van der Waals surface area contributed by atoms with Crippen molar-refractivity contribution in [1.82, 2.24) is 0 Å². The first-order chi connectivity index (χ1) is 7.95. The van der Waals surface area contributed by atoms with Gasteiger partial charge in [-0.05, 0) is 30.6 Å². The van der Waals surface area contributed by atoms with Crippen molar-refractivity contribution in [2.75, 3.05) is 0 Å². The van der Waals surface area contributed by atoms with E-state index in [0.29, 0.717) is 0 Å². The fourth-order valence-electron chi connectivity index (χ4n) is 3.35. The van der Waals surface area contributed by atoms with Gasteiger partial charge < -0.3 is 5.11 Å². The first-order valence-corrected chi connectivity index (χ1v) is 7.67. The lowest BCUT2D eigenvalue weighted by Gasteiger charge is -2.48. The highest BCUT2D eigenvalue weighted by molar-refractivity contribution is 4.97. The van der Waals surface area contributed by atoms with E-state index in [1.807, 2.05) is 0 Å². The van der Waals surface area contributed by atoms with Crippen molar-refractivity contribution in [2.45, 2.75) is 91.1 Å². The standard InChI is InChI=1S/C16H32O/c1-5-7-10-14(6-2)13-16(17)12-9-8-11-15(16,3)4/h14,17H,5-13H2,1-4H3. The molecule has 0 aromatic rings. The van der Waals surface area contributed by atoms with Crippen LogP contribution in [0, 0.1) is 11.3 Å². The summed E-state index contributed by atoms with van der Waals surface area (Å²) in [4.78, 5) is 0. The predicted molar refractivity (Wildman–Crippen MR) is 75.1 cm³/mol. The average Bonchev–Trinajstić information content (AvgIpc) is 2.28. The van der Waals surface area contributed by atoms with Crippen LogP contribution in [0.5, 0.6) is 0 Å². The molecule has 1 aliphatic carbocycles. The van der Waals surface area contributed by atoms with Gasteiger partial charge in [0.2, 0.25) is 0 Å². The van der Waals surface area contributed by atoms with Gasteiger partial charge in [0.05, 0.1) is 5.60 Å². The van der Waals surface area contributed by atoms with Gasteiger partial charge in [-0.2, -0.15) is 0 Å². The van der Waals surface area contributed by atoms with Crippen LogP contribution < -0.4 is 0 Å². The molecule has 1 saturated carbocycles. The van der Waals surface area contributed by atoms with Crippen LogP contribution in [0.15, 0.2) is 0 Å². The third-order valence-electron chi connectivity index (χ3n) is 5.07. The van der Waals surface area contributed by atoms with Crippen LogP contribution >= 0.6 is 0 Å². The van der Waals surface area contributed by atoms with Gasteiger partial charge in [-0.1, -0.05) is 66.2 Å². The molecule has 1 nitrogen and oxygen atoms in total. The van der Waals surface area contributed by atoms with Crippen LogP contribution in [0.25, 0.3) is 0 Å². The molecule has 2 atom stereocenters. The Balaban J connectivity index is 2.61. The monoisotopic (exact) mass is 240 g/mol. The largest absolute Gasteiger partial charge is 0.389 e. The summed E-state index contributed by atoms with van der Waals surface area (Å²) < 4.78 is 0. The van der Waals surface area contributed by atoms with E-state index in [2.05, 4.69) is 27.7 Å². The van der Waals surface area contributed by atoms with Crippen LogP contribution in [0.4, 0.5) is 0 Å². The Labute approximate surface area is 108 Å². The van der Waals surface area contributed by atoms with E-state index in [1.165, 1.54) is 44.9 Å². The number of hydrogen-bond acceptors (Lipinski definition) is 1. The molecule has 1 fully saturated rings. The van der Waals surface area contributed by atoms with Gasteiger partial charge in [0.25, 0.3) is 0 Å². The minimum atomic E-state index is -0.403. The van der Waals surface area contributed by atoms with Crippen LogP contribution in [-0.4, -0.2) is 10.7 Å². The zero-order valence-corrected chi connectivity index (χ0v) is 12.4. The molecule has 1 aliphatic rings. The molecule has 0 spiro atoms. The van der Waals surface area contributed by atoms with Crippen molar-refractivity contribution in [3.8, 4) is 0 Å². The molecule has 0 radical (unpaired) electrons. The van der Waals surface area contributed by atoms with Crippen molar-refractivity contribution in [3.63, 3.8) is 0 Å². The van der Waals surface area contributed by atoms with Crippen LogP contribution in [-0.2, 0) is 0 Å². The maximum Gasteiger partial charge on any atom is 0.0701 e. The first kappa shape index (κ1) is 15.0. The van der Waals surface area contributed by atoms with E-state index in [0.717, 1.165) is 18.8 Å². The fraction of sp³-hybridized carbons (Fsp3) is 1.00. The van der Waals surface area contributed by atoms with Crippen LogP contribution in [0.2, 0.25) is 0 Å². The molecule has 0 aromatic carbocycles. The summed E-state index contributed by atoms with van der Waals surface area (Å²) in [5.41, 5.74) is -0.287. The lowest BCUT2D eigenvalue weighted by atomic mass is 9.62. The molecule has 1 rings (SSSR count). The Morgan fingerprint density at radius 2 is 1.76 bits per heavy atom. The number of hydrogen-bond donors (Lipinski definition) is 1. The normalized spacial score (nSPS) is 30.2. The lowest BCUT2D eigenvalue weighted by Crippen LogP contribution is -2.48. The molecule has 1 N–H and O–H groups in total. The number of aliphatic hydroxyl groups is 1. The van der Waals surface area contributed by atoms with Gasteiger partial charge in [-0.15, -0.1) is 0 Å². The lowest BCUT2D eigenvalue weighted by molar-refractivity contribution is -0.112. The summed E-state index contributed by atoms with van der Waals surface area (Å²) in [6, 6.07) is 0. The third kappa shape index (κ3) is 3.71. The van der Waals surface area contributed by atoms with Gasteiger partial charge in [0.1, 0.15) is 0 Å². The van der Waals surface area contributed by atoms with E-state index in [1.54, 1.807) is 0 Å². The highest BCUT2D eigenvalue weighted by Gasteiger charge is 2.45. The highest BCUT2D eigenvalue weighted by Crippen LogP contribution is 2.47. The smallest absolute Gasteiger partial charge is 0.0701 e. The molecular weight excluding hydrogens is 208 g/mol. The fourth-order valence-corrected chi connectivity index (χ4v) is 3.35. The Kier molecular flexibility index (Phi) is 5.50. The summed E-state index contributed by atoms with van der Waals surface area (Å²) in [6.07, 6.45) is 10.8. The topological polar surface area (TPSA) is 20.2 Å². The van der Waals surface area contributed by atoms with Crippen molar-refractivity contribution < 1.29 is 5.11 Å². The molecule has 0 aromatic heterocycles. The summed E-state index contributed by atoms with van der Waals surface area (Å²) in [7, 11) is 0. The Morgan fingerprint density at radius 3 is 2.29 bits per heavy atom. The Hall–Kier alpha value is -0.0400. The summed E-state index contributed by atoms with van der Waals surface area (Å²) >= 11 is 0. The maximum absolute atomic E-state index is 11.0. The molecule has 17 heavy (non-hydrogen) atoms. The highest BCUT2D eigenvalue weighted by atomic mass is 16.3. The minimum Gasteiger partial charge on any atom is -0.389 e. The average molecular weight is 240 g/mol. The van der Waals surface area contributed by atoms with Crippen molar-refractivity contribution in [3.05, 3.63) is 0 Å². The molecular formula is C16H32O. The predicted octanol–water partition coefficient (Wildman–Crippen LogP) is 4.92. The van der Waals surface area contributed by atoms with Gasteiger partial charge in [0.15, 0.2) is 0 Å². The summed E-state index contributed by atoms with van der Waals surface area (Å²) in [5, 5.41) is 11.0. The molecule has 1 heteroatoms. The van der Waals surface area contributed by atoms with Gasteiger partial charge in [0, 0.05) is 0 Å². The molecule has 102 valence electrons.